The van der Waals surface area contributed by atoms with Crippen LogP contribution in [-0.2, 0) is 5.92 Å². The lowest BCUT2D eigenvalue weighted by molar-refractivity contribution is -0.290. The highest BCUT2D eigenvalue weighted by Gasteiger charge is 2.60. The Balaban J connectivity index is 3.02. The van der Waals surface area contributed by atoms with Crippen molar-refractivity contribution in [3.8, 4) is 0 Å². The van der Waals surface area contributed by atoms with E-state index in [1.807, 2.05) is 0 Å². The lowest BCUT2D eigenvalue weighted by Gasteiger charge is -2.16. The van der Waals surface area contributed by atoms with Gasteiger partial charge < -0.3 is 0 Å². The number of thiazole rings is 1. The Labute approximate surface area is 67.8 Å². The molecule has 0 radical (unpaired) electrons. The van der Waals surface area contributed by atoms with Crippen LogP contribution in [0.25, 0.3) is 0 Å². The van der Waals surface area contributed by atoms with E-state index in [2.05, 4.69) is 4.98 Å². The molecule has 0 N–H and O–H groups in total. The summed E-state index contributed by atoms with van der Waals surface area (Å²) < 4.78 is 59.5. The molecular formula is C5H2F5NS. The normalized spacial score (nSPS) is 13.4. The topological polar surface area (TPSA) is 12.9 Å². The number of alkyl halides is 5. The Morgan fingerprint density at radius 1 is 1.17 bits per heavy atom. The van der Waals surface area contributed by atoms with Crippen LogP contribution in [0.1, 0.15) is 5.69 Å². The standard InChI is InChI=1S/C5H2F5NS/c6-4(7,5(8,9)10)3-1-12-2-11-3/h1-2H. The van der Waals surface area contributed by atoms with Crippen LogP contribution in [0.3, 0.4) is 0 Å². The van der Waals surface area contributed by atoms with Crippen LogP contribution in [0.5, 0.6) is 0 Å². The van der Waals surface area contributed by atoms with Crippen molar-refractivity contribution in [2.45, 2.75) is 12.1 Å². The number of rotatable bonds is 1. The molecule has 7 heteroatoms. The fraction of sp³-hybridized carbons (Fsp3) is 0.400. The van der Waals surface area contributed by atoms with Gasteiger partial charge in [0.05, 0.1) is 5.51 Å². The van der Waals surface area contributed by atoms with E-state index in [1.165, 1.54) is 0 Å². The third-order valence-corrected chi connectivity index (χ3v) is 1.70. The first-order chi connectivity index (χ1) is 5.36. The lowest BCUT2D eigenvalue weighted by atomic mass is 10.2. The SMILES string of the molecule is FC(F)(F)C(F)(F)c1cscn1. The van der Waals surface area contributed by atoms with Crippen LogP contribution >= 0.6 is 11.3 Å². The Morgan fingerprint density at radius 3 is 2.08 bits per heavy atom. The average molecular weight is 203 g/mol. The highest BCUT2D eigenvalue weighted by atomic mass is 32.1. The number of hydrogen-bond acceptors (Lipinski definition) is 2. The lowest BCUT2D eigenvalue weighted by Crippen LogP contribution is -2.33. The number of hydrogen-bond donors (Lipinski definition) is 0. The van der Waals surface area contributed by atoms with Crippen LogP contribution in [0.2, 0.25) is 0 Å². The summed E-state index contributed by atoms with van der Waals surface area (Å²) in [6, 6.07) is 0. The van der Waals surface area contributed by atoms with Crippen molar-refractivity contribution < 1.29 is 22.0 Å². The molecule has 1 aromatic rings. The minimum atomic E-state index is -5.57. The van der Waals surface area contributed by atoms with Gasteiger partial charge in [-0.2, -0.15) is 22.0 Å². The average Bonchev–Trinajstić information content (AvgIpc) is 2.34. The molecule has 0 aromatic carbocycles. The predicted octanol–water partition coefficient (Wildman–Crippen LogP) is 2.80. The van der Waals surface area contributed by atoms with Crippen molar-refractivity contribution in [2.24, 2.45) is 0 Å². The summed E-state index contributed by atoms with van der Waals surface area (Å²) in [6.45, 7) is 0. The molecule has 1 nitrogen and oxygen atoms in total. The Hall–Kier alpha value is -0.720. The molecule has 1 rings (SSSR count). The molecule has 0 atom stereocenters. The summed E-state index contributed by atoms with van der Waals surface area (Å²) in [4.78, 5) is 2.90. The Kier molecular flexibility index (Phi) is 2.07. The van der Waals surface area contributed by atoms with Gasteiger partial charge in [-0.15, -0.1) is 11.3 Å². The summed E-state index contributed by atoms with van der Waals surface area (Å²) in [5, 5.41) is 0.674. The summed E-state index contributed by atoms with van der Waals surface area (Å²) in [6.07, 6.45) is -5.57. The molecule has 0 aliphatic heterocycles. The van der Waals surface area contributed by atoms with E-state index in [4.69, 9.17) is 0 Å². The minimum Gasteiger partial charge on any atom is -0.243 e. The van der Waals surface area contributed by atoms with E-state index in [1.54, 1.807) is 0 Å². The van der Waals surface area contributed by atoms with E-state index < -0.39 is 17.8 Å². The maximum Gasteiger partial charge on any atom is 0.459 e. The van der Waals surface area contributed by atoms with Crippen molar-refractivity contribution in [3.05, 3.63) is 16.6 Å². The zero-order valence-electron chi connectivity index (χ0n) is 5.40. The largest absolute Gasteiger partial charge is 0.459 e. The van der Waals surface area contributed by atoms with E-state index >= 15 is 0 Å². The maximum atomic E-state index is 12.3. The zero-order valence-corrected chi connectivity index (χ0v) is 6.22. The molecule has 68 valence electrons. The molecule has 0 saturated carbocycles. The van der Waals surface area contributed by atoms with Gasteiger partial charge in [0, 0.05) is 5.38 Å². The van der Waals surface area contributed by atoms with E-state index in [9.17, 15) is 22.0 Å². The van der Waals surface area contributed by atoms with Gasteiger partial charge in [-0.3, -0.25) is 0 Å². The number of halogens is 5. The van der Waals surface area contributed by atoms with Crippen LogP contribution < -0.4 is 0 Å². The number of aromatic nitrogens is 1. The Bertz CT molecular complexity index is 251. The molecule has 0 spiro atoms. The molecule has 0 aliphatic rings. The third kappa shape index (κ3) is 1.40. The maximum absolute atomic E-state index is 12.3. The molecule has 1 aromatic heterocycles. The second-order valence-corrected chi connectivity index (χ2v) is 2.66. The first-order valence-corrected chi connectivity index (χ1v) is 3.63. The smallest absolute Gasteiger partial charge is 0.243 e. The third-order valence-electron chi connectivity index (χ3n) is 1.11. The molecular weight excluding hydrogens is 201 g/mol. The first kappa shape index (κ1) is 9.37. The molecule has 0 fully saturated rings. The van der Waals surface area contributed by atoms with Crippen LogP contribution in [0.4, 0.5) is 22.0 Å². The summed E-state index contributed by atoms with van der Waals surface area (Å²) in [5.41, 5.74) is -0.324. The number of nitrogens with zero attached hydrogens (tertiary/aromatic N) is 1. The molecule has 12 heavy (non-hydrogen) atoms. The van der Waals surface area contributed by atoms with E-state index in [-0.39, 0.29) is 0 Å². The molecule has 0 unspecified atom stereocenters. The summed E-state index contributed by atoms with van der Waals surface area (Å²) in [7, 11) is 0. The van der Waals surface area contributed by atoms with Gasteiger partial charge in [0.15, 0.2) is 0 Å². The molecule has 0 saturated heterocycles. The van der Waals surface area contributed by atoms with Gasteiger partial charge in [-0.25, -0.2) is 4.98 Å². The quantitative estimate of drug-likeness (QED) is 0.639. The molecule has 1 heterocycles. The van der Waals surface area contributed by atoms with Crippen LogP contribution in [-0.4, -0.2) is 11.2 Å². The minimum absolute atomic E-state index is 0.674. The van der Waals surface area contributed by atoms with Crippen molar-refractivity contribution in [3.63, 3.8) is 0 Å². The molecule has 0 amide bonds. The van der Waals surface area contributed by atoms with Gasteiger partial charge in [0.25, 0.3) is 0 Å². The van der Waals surface area contributed by atoms with Crippen molar-refractivity contribution in [1.29, 1.82) is 0 Å². The van der Waals surface area contributed by atoms with Crippen LogP contribution in [0, 0.1) is 0 Å². The van der Waals surface area contributed by atoms with Gasteiger partial charge in [0.2, 0.25) is 0 Å². The molecule has 0 bridgehead atoms. The summed E-state index contributed by atoms with van der Waals surface area (Å²) in [5.74, 6) is -4.84. The zero-order chi connectivity index (χ0) is 9.41. The van der Waals surface area contributed by atoms with E-state index in [0.717, 1.165) is 5.51 Å². The van der Waals surface area contributed by atoms with Gasteiger partial charge in [0.1, 0.15) is 5.69 Å². The summed E-state index contributed by atoms with van der Waals surface area (Å²) >= 11 is 0.691. The second kappa shape index (κ2) is 2.65. The fourth-order valence-electron chi connectivity index (χ4n) is 0.513. The molecule has 0 aliphatic carbocycles. The monoisotopic (exact) mass is 203 g/mol. The van der Waals surface area contributed by atoms with Crippen molar-refractivity contribution >= 4 is 11.3 Å². The highest BCUT2D eigenvalue weighted by Crippen LogP contribution is 2.43. The van der Waals surface area contributed by atoms with E-state index in [0.29, 0.717) is 16.7 Å². The first-order valence-electron chi connectivity index (χ1n) is 2.69. The van der Waals surface area contributed by atoms with Crippen molar-refractivity contribution in [1.82, 2.24) is 4.98 Å². The Morgan fingerprint density at radius 2 is 1.75 bits per heavy atom. The van der Waals surface area contributed by atoms with Crippen LogP contribution in [0.15, 0.2) is 10.9 Å². The fourth-order valence-corrected chi connectivity index (χ4v) is 1.09. The van der Waals surface area contributed by atoms with Gasteiger partial charge in [-0.05, 0) is 0 Å². The second-order valence-electron chi connectivity index (χ2n) is 1.95. The predicted molar refractivity (Wildman–Crippen MR) is 32.1 cm³/mol. The van der Waals surface area contributed by atoms with Gasteiger partial charge >= 0.3 is 12.1 Å². The van der Waals surface area contributed by atoms with Crippen molar-refractivity contribution in [2.75, 3.05) is 0 Å². The van der Waals surface area contributed by atoms with Gasteiger partial charge in [-0.1, -0.05) is 0 Å². The highest BCUT2D eigenvalue weighted by molar-refractivity contribution is 7.07.